The van der Waals surface area contributed by atoms with Gasteiger partial charge in [-0.3, -0.25) is 14.3 Å². The first-order valence-electron chi connectivity index (χ1n) is 9.89. The number of hydrogen-bond acceptors (Lipinski definition) is 4. The molecule has 0 bridgehead atoms. The van der Waals surface area contributed by atoms with Crippen LogP contribution in [0.3, 0.4) is 0 Å². The Kier molecular flexibility index (Phi) is 6.18. The number of aromatic nitrogens is 4. The number of rotatable bonds is 8. The molecule has 2 heterocycles. The van der Waals surface area contributed by atoms with Crippen LogP contribution in [0.25, 0.3) is 0 Å². The molecule has 0 saturated heterocycles. The maximum atomic E-state index is 12.7. The van der Waals surface area contributed by atoms with Gasteiger partial charge in [-0.05, 0) is 42.0 Å². The highest BCUT2D eigenvalue weighted by atomic mass is 16.2. The number of nitrogens with one attached hydrogen (secondary N) is 2. The van der Waals surface area contributed by atoms with Gasteiger partial charge in [-0.1, -0.05) is 18.2 Å². The number of carbonyl (C=O) groups is 2. The van der Waals surface area contributed by atoms with Crippen LogP contribution < -0.4 is 10.6 Å². The minimum atomic E-state index is -0.245. The summed E-state index contributed by atoms with van der Waals surface area (Å²) in [5, 5.41) is 9.95. The SMILES string of the molecule is O=C(CCn1ccnc1)Nc1cccc(C(=O)Nc2cccc(Cn3cccn3)c2)c1. The van der Waals surface area contributed by atoms with E-state index in [-0.39, 0.29) is 11.8 Å². The molecule has 0 radical (unpaired) electrons. The molecule has 2 N–H and O–H groups in total. The molecule has 0 aliphatic rings. The lowest BCUT2D eigenvalue weighted by Gasteiger charge is -2.10. The minimum Gasteiger partial charge on any atom is -0.337 e. The Morgan fingerprint density at radius 2 is 1.74 bits per heavy atom. The van der Waals surface area contributed by atoms with Crippen LogP contribution >= 0.6 is 0 Å². The van der Waals surface area contributed by atoms with Gasteiger partial charge in [0.25, 0.3) is 5.91 Å². The number of hydrogen-bond donors (Lipinski definition) is 2. The van der Waals surface area contributed by atoms with Crippen LogP contribution in [0, 0.1) is 0 Å². The Morgan fingerprint density at radius 3 is 2.52 bits per heavy atom. The molecule has 4 rings (SSSR count). The van der Waals surface area contributed by atoms with Crippen molar-refractivity contribution in [2.24, 2.45) is 0 Å². The predicted octanol–water partition coefficient (Wildman–Crippen LogP) is 3.41. The number of nitrogens with zero attached hydrogens (tertiary/aromatic N) is 4. The summed E-state index contributed by atoms with van der Waals surface area (Å²) < 4.78 is 3.66. The maximum Gasteiger partial charge on any atom is 0.255 e. The van der Waals surface area contributed by atoms with E-state index in [4.69, 9.17) is 0 Å². The second-order valence-corrected chi connectivity index (χ2v) is 7.04. The molecule has 0 unspecified atom stereocenters. The summed E-state index contributed by atoms with van der Waals surface area (Å²) in [6, 6.07) is 16.4. The van der Waals surface area contributed by atoms with Crippen LogP contribution in [-0.4, -0.2) is 31.1 Å². The zero-order valence-corrected chi connectivity index (χ0v) is 16.8. The van der Waals surface area contributed by atoms with Gasteiger partial charge in [0.15, 0.2) is 0 Å². The van der Waals surface area contributed by atoms with Gasteiger partial charge >= 0.3 is 0 Å². The van der Waals surface area contributed by atoms with Crippen molar-refractivity contribution in [1.82, 2.24) is 19.3 Å². The van der Waals surface area contributed by atoms with Gasteiger partial charge in [0, 0.05) is 54.7 Å². The average Bonchev–Trinajstić information content (AvgIpc) is 3.47. The molecule has 2 amide bonds. The van der Waals surface area contributed by atoms with Crippen LogP contribution in [0.2, 0.25) is 0 Å². The van der Waals surface area contributed by atoms with E-state index in [0.717, 1.165) is 5.56 Å². The normalized spacial score (nSPS) is 10.6. The van der Waals surface area contributed by atoms with Crippen LogP contribution in [-0.2, 0) is 17.9 Å². The Morgan fingerprint density at radius 1 is 0.903 bits per heavy atom. The predicted molar refractivity (Wildman–Crippen MR) is 118 cm³/mol. The van der Waals surface area contributed by atoms with Gasteiger partial charge < -0.3 is 15.2 Å². The second-order valence-electron chi connectivity index (χ2n) is 7.04. The fraction of sp³-hybridized carbons (Fsp3) is 0.130. The molecule has 31 heavy (non-hydrogen) atoms. The average molecular weight is 414 g/mol. The number of anilines is 2. The van der Waals surface area contributed by atoms with E-state index in [9.17, 15) is 9.59 Å². The number of carbonyl (C=O) groups excluding carboxylic acids is 2. The molecule has 0 saturated carbocycles. The molecule has 0 fully saturated rings. The lowest BCUT2D eigenvalue weighted by Crippen LogP contribution is -2.16. The Hall–Kier alpha value is -4.20. The van der Waals surface area contributed by atoms with Crippen molar-refractivity contribution in [2.45, 2.75) is 19.5 Å². The van der Waals surface area contributed by atoms with Crippen molar-refractivity contribution in [3.63, 3.8) is 0 Å². The molecule has 4 aromatic rings. The van der Waals surface area contributed by atoms with E-state index in [1.54, 1.807) is 43.0 Å². The van der Waals surface area contributed by atoms with Crippen LogP contribution in [0.1, 0.15) is 22.3 Å². The summed E-state index contributed by atoms with van der Waals surface area (Å²) >= 11 is 0. The maximum absolute atomic E-state index is 12.7. The Balaban J connectivity index is 1.36. The first-order valence-corrected chi connectivity index (χ1v) is 9.89. The zero-order valence-electron chi connectivity index (χ0n) is 16.8. The number of benzene rings is 2. The minimum absolute atomic E-state index is 0.127. The van der Waals surface area contributed by atoms with Crippen molar-refractivity contribution in [3.05, 3.63) is 96.8 Å². The third-order valence-corrected chi connectivity index (χ3v) is 4.65. The van der Waals surface area contributed by atoms with Crippen LogP contribution in [0.5, 0.6) is 0 Å². The fourth-order valence-electron chi connectivity index (χ4n) is 3.14. The molecular weight excluding hydrogens is 392 g/mol. The fourth-order valence-corrected chi connectivity index (χ4v) is 3.14. The molecule has 2 aromatic carbocycles. The summed E-state index contributed by atoms with van der Waals surface area (Å²) in [5.41, 5.74) is 2.77. The third kappa shape index (κ3) is 5.66. The molecule has 8 heteroatoms. The summed E-state index contributed by atoms with van der Waals surface area (Å²) in [5.74, 6) is -0.372. The highest BCUT2D eigenvalue weighted by Gasteiger charge is 2.09. The molecule has 0 spiro atoms. The van der Waals surface area contributed by atoms with Gasteiger partial charge in [-0.15, -0.1) is 0 Å². The molecular formula is C23H22N6O2. The lowest BCUT2D eigenvalue weighted by molar-refractivity contribution is -0.116. The Labute approximate surface area is 179 Å². The number of aryl methyl sites for hydroxylation is 1. The van der Waals surface area contributed by atoms with Gasteiger partial charge in [0.1, 0.15) is 0 Å². The first kappa shape index (κ1) is 20.1. The van der Waals surface area contributed by atoms with E-state index in [0.29, 0.717) is 36.4 Å². The highest BCUT2D eigenvalue weighted by Crippen LogP contribution is 2.16. The van der Waals surface area contributed by atoms with E-state index in [2.05, 4.69) is 20.7 Å². The number of amides is 2. The van der Waals surface area contributed by atoms with Crippen molar-refractivity contribution in [3.8, 4) is 0 Å². The monoisotopic (exact) mass is 414 g/mol. The molecule has 0 atom stereocenters. The smallest absolute Gasteiger partial charge is 0.255 e. The van der Waals surface area contributed by atoms with Crippen molar-refractivity contribution in [2.75, 3.05) is 10.6 Å². The molecule has 0 aliphatic carbocycles. The summed E-state index contributed by atoms with van der Waals surface area (Å²) in [6.07, 6.45) is 9.09. The van der Waals surface area contributed by atoms with Crippen LogP contribution in [0.15, 0.2) is 85.7 Å². The van der Waals surface area contributed by atoms with Crippen molar-refractivity contribution in [1.29, 1.82) is 0 Å². The quantitative estimate of drug-likeness (QED) is 0.462. The highest BCUT2D eigenvalue weighted by molar-refractivity contribution is 6.05. The van der Waals surface area contributed by atoms with E-state index in [1.165, 1.54) is 0 Å². The standard InChI is InChI=1S/C23H22N6O2/c30-22(8-12-28-13-10-24-17-28)26-21-7-2-5-19(15-21)23(31)27-20-6-1-4-18(14-20)16-29-11-3-9-25-29/h1-7,9-11,13-15,17H,8,12,16H2,(H,26,30)(H,27,31). The van der Waals surface area contributed by atoms with Gasteiger partial charge in [-0.2, -0.15) is 5.10 Å². The number of imidazole rings is 1. The second kappa shape index (κ2) is 9.53. The van der Waals surface area contributed by atoms with E-state index < -0.39 is 0 Å². The molecule has 2 aromatic heterocycles. The Bertz CT molecular complexity index is 1150. The van der Waals surface area contributed by atoms with Gasteiger partial charge in [0.2, 0.25) is 5.91 Å². The van der Waals surface area contributed by atoms with E-state index in [1.807, 2.05) is 52.0 Å². The summed E-state index contributed by atoms with van der Waals surface area (Å²) in [6.45, 7) is 1.16. The summed E-state index contributed by atoms with van der Waals surface area (Å²) in [4.78, 5) is 28.9. The molecule has 156 valence electrons. The largest absolute Gasteiger partial charge is 0.337 e. The molecule has 0 aliphatic heterocycles. The lowest BCUT2D eigenvalue weighted by atomic mass is 10.1. The van der Waals surface area contributed by atoms with Gasteiger partial charge in [-0.25, -0.2) is 4.98 Å². The van der Waals surface area contributed by atoms with Crippen molar-refractivity contribution < 1.29 is 9.59 Å². The van der Waals surface area contributed by atoms with Gasteiger partial charge in [0.05, 0.1) is 12.9 Å². The third-order valence-electron chi connectivity index (χ3n) is 4.65. The zero-order chi connectivity index (χ0) is 21.5. The first-order chi connectivity index (χ1) is 15.2. The van der Waals surface area contributed by atoms with Crippen LogP contribution in [0.4, 0.5) is 11.4 Å². The summed E-state index contributed by atoms with van der Waals surface area (Å²) in [7, 11) is 0. The molecule has 8 nitrogen and oxygen atoms in total. The van der Waals surface area contributed by atoms with E-state index >= 15 is 0 Å². The topological polar surface area (TPSA) is 93.8 Å². The van der Waals surface area contributed by atoms with Crippen molar-refractivity contribution >= 4 is 23.2 Å².